The fraction of sp³-hybridized carbons (Fsp3) is 0.417. The van der Waals surface area contributed by atoms with Crippen LogP contribution in [0.25, 0.3) is 0 Å². The summed E-state index contributed by atoms with van der Waals surface area (Å²) in [6.07, 6.45) is 0. The zero-order valence-electron chi connectivity index (χ0n) is 9.91. The third kappa shape index (κ3) is 2.97. The Hall–Kier alpha value is -1.55. The van der Waals surface area contributed by atoms with Crippen LogP contribution in [0.15, 0.2) is 18.2 Å². The number of hydrogen-bond donors (Lipinski definition) is 2. The molecule has 0 fully saturated rings. The second-order valence-electron chi connectivity index (χ2n) is 3.86. The van der Waals surface area contributed by atoms with E-state index in [2.05, 4.69) is 19.2 Å². The lowest BCUT2D eigenvalue weighted by Gasteiger charge is -2.13. The summed E-state index contributed by atoms with van der Waals surface area (Å²) in [5, 5.41) is 2.72. The second kappa shape index (κ2) is 5.51. The Morgan fingerprint density at radius 2 is 2.19 bits per heavy atom. The van der Waals surface area contributed by atoms with Crippen molar-refractivity contribution in [2.45, 2.75) is 19.8 Å². The number of rotatable bonds is 4. The summed E-state index contributed by atoms with van der Waals surface area (Å²) in [5.41, 5.74) is 7.05. The number of nitrogens with one attached hydrogen (secondary N) is 1. The van der Waals surface area contributed by atoms with Gasteiger partial charge in [-0.25, -0.2) is 0 Å². The molecule has 3 N–H and O–H groups in total. The van der Waals surface area contributed by atoms with E-state index in [-0.39, 0.29) is 12.5 Å². The van der Waals surface area contributed by atoms with E-state index in [0.29, 0.717) is 5.92 Å². The van der Waals surface area contributed by atoms with Crippen LogP contribution in [0.5, 0.6) is 5.75 Å². The van der Waals surface area contributed by atoms with E-state index in [4.69, 9.17) is 10.5 Å². The summed E-state index contributed by atoms with van der Waals surface area (Å²) in [6.45, 7) is 4.14. The van der Waals surface area contributed by atoms with Crippen molar-refractivity contribution in [2.24, 2.45) is 5.73 Å². The molecule has 0 aliphatic rings. The first kappa shape index (κ1) is 12.5. The molecule has 1 amide bonds. The quantitative estimate of drug-likeness (QED) is 0.815. The summed E-state index contributed by atoms with van der Waals surface area (Å²) in [5.74, 6) is 0.977. The molecular formula is C12H18N2O2. The van der Waals surface area contributed by atoms with Crippen molar-refractivity contribution in [1.82, 2.24) is 0 Å². The third-order valence-electron chi connectivity index (χ3n) is 2.32. The SMILES string of the molecule is COc1ccc(NC(=O)CN)cc1C(C)C. The van der Waals surface area contributed by atoms with Gasteiger partial charge in [-0.2, -0.15) is 0 Å². The minimum atomic E-state index is -0.195. The monoisotopic (exact) mass is 222 g/mol. The number of methoxy groups -OCH3 is 1. The Balaban J connectivity index is 2.97. The van der Waals surface area contributed by atoms with E-state index in [1.807, 2.05) is 12.1 Å². The fourth-order valence-electron chi connectivity index (χ4n) is 1.48. The molecule has 0 aliphatic heterocycles. The van der Waals surface area contributed by atoms with Crippen LogP contribution in [0.3, 0.4) is 0 Å². The molecule has 4 heteroatoms. The third-order valence-corrected chi connectivity index (χ3v) is 2.32. The largest absolute Gasteiger partial charge is 0.496 e. The van der Waals surface area contributed by atoms with Gasteiger partial charge < -0.3 is 15.8 Å². The van der Waals surface area contributed by atoms with Gasteiger partial charge in [0.2, 0.25) is 5.91 Å². The van der Waals surface area contributed by atoms with Crippen molar-refractivity contribution in [1.29, 1.82) is 0 Å². The fourth-order valence-corrected chi connectivity index (χ4v) is 1.48. The van der Waals surface area contributed by atoms with Crippen molar-refractivity contribution in [3.05, 3.63) is 23.8 Å². The highest BCUT2D eigenvalue weighted by Crippen LogP contribution is 2.28. The molecule has 0 aliphatic carbocycles. The number of carbonyl (C=O) groups is 1. The van der Waals surface area contributed by atoms with E-state index >= 15 is 0 Å². The predicted octanol–water partition coefficient (Wildman–Crippen LogP) is 1.72. The van der Waals surface area contributed by atoms with Crippen molar-refractivity contribution < 1.29 is 9.53 Å². The first-order valence-corrected chi connectivity index (χ1v) is 5.26. The topological polar surface area (TPSA) is 64.3 Å². The number of ether oxygens (including phenoxy) is 1. The Labute approximate surface area is 95.8 Å². The summed E-state index contributed by atoms with van der Waals surface area (Å²) in [6, 6.07) is 5.57. The van der Waals surface area contributed by atoms with E-state index in [1.54, 1.807) is 13.2 Å². The molecule has 0 unspecified atom stereocenters. The lowest BCUT2D eigenvalue weighted by Crippen LogP contribution is -2.21. The van der Waals surface area contributed by atoms with Crippen molar-refractivity contribution in [3.8, 4) is 5.75 Å². The molecule has 1 aromatic carbocycles. The second-order valence-corrected chi connectivity index (χ2v) is 3.86. The standard InChI is InChI=1S/C12H18N2O2/c1-8(2)10-6-9(14-12(15)7-13)4-5-11(10)16-3/h4-6,8H,7,13H2,1-3H3,(H,14,15). The number of hydrogen-bond acceptors (Lipinski definition) is 3. The lowest BCUT2D eigenvalue weighted by atomic mass is 10.0. The molecule has 0 spiro atoms. The van der Waals surface area contributed by atoms with Gasteiger partial charge >= 0.3 is 0 Å². The van der Waals surface area contributed by atoms with Crippen LogP contribution < -0.4 is 15.8 Å². The predicted molar refractivity (Wildman–Crippen MR) is 64.8 cm³/mol. The normalized spacial score (nSPS) is 10.3. The van der Waals surface area contributed by atoms with Crippen molar-refractivity contribution >= 4 is 11.6 Å². The average Bonchev–Trinajstić information content (AvgIpc) is 2.28. The number of amides is 1. The zero-order valence-corrected chi connectivity index (χ0v) is 9.91. The Morgan fingerprint density at radius 3 is 2.69 bits per heavy atom. The van der Waals surface area contributed by atoms with Crippen LogP contribution in [-0.4, -0.2) is 19.6 Å². The smallest absolute Gasteiger partial charge is 0.238 e. The molecule has 0 atom stereocenters. The number of benzene rings is 1. The van der Waals surface area contributed by atoms with Gasteiger partial charge in [-0.1, -0.05) is 13.8 Å². The lowest BCUT2D eigenvalue weighted by molar-refractivity contribution is -0.114. The molecule has 16 heavy (non-hydrogen) atoms. The van der Waals surface area contributed by atoms with E-state index in [1.165, 1.54) is 0 Å². The molecule has 88 valence electrons. The summed E-state index contributed by atoms with van der Waals surface area (Å²) < 4.78 is 5.26. The van der Waals surface area contributed by atoms with Crippen LogP contribution in [0.1, 0.15) is 25.3 Å². The van der Waals surface area contributed by atoms with Gasteiger partial charge in [-0.05, 0) is 29.7 Å². The molecule has 0 bridgehead atoms. The van der Waals surface area contributed by atoms with Gasteiger partial charge in [-0.15, -0.1) is 0 Å². The summed E-state index contributed by atoms with van der Waals surface area (Å²) >= 11 is 0. The average molecular weight is 222 g/mol. The highest BCUT2D eigenvalue weighted by molar-refractivity contribution is 5.92. The Kier molecular flexibility index (Phi) is 4.31. The Bertz CT molecular complexity index is 375. The summed E-state index contributed by atoms with van der Waals surface area (Å²) in [4.78, 5) is 11.1. The van der Waals surface area contributed by atoms with Crippen LogP contribution in [0.2, 0.25) is 0 Å². The van der Waals surface area contributed by atoms with Crippen LogP contribution in [0, 0.1) is 0 Å². The molecule has 0 heterocycles. The number of carbonyl (C=O) groups excluding carboxylic acids is 1. The van der Waals surface area contributed by atoms with E-state index in [0.717, 1.165) is 17.0 Å². The minimum Gasteiger partial charge on any atom is -0.496 e. The minimum absolute atomic E-state index is 0.0109. The highest BCUT2D eigenvalue weighted by Gasteiger charge is 2.09. The molecular weight excluding hydrogens is 204 g/mol. The number of nitrogens with two attached hydrogens (primary N) is 1. The van der Waals surface area contributed by atoms with Gasteiger partial charge in [0.25, 0.3) is 0 Å². The van der Waals surface area contributed by atoms with E-state index in [9.17, 15) is 4.79 Å². The first-order chi connectivity index (χ1) is 7.58. The maximum absolute atomic E-state index is 11.1. The summed E-state index contributed by atoms with van der Waals surface area (Å²) in [7, 11) is 1.64. The first-order valence-electron chi connectivity index (χ1n) is 5.26. The van der Waals surface area contributed by atoms with Crippen molar-refractivity contribution in [2.75, 3.05) is 19.0 Å². The Morgan fingerprint density at radius 1 is 1.50 bits per heavy atom. The zero-order chi connectivity index (χ0) is 12.1. The molecule has 0 saturated carbocycles. The molecule has 0 aromatic heterocycles. The van der Waals surface area contributed by atoms with Crippen LogP contribution >= 0.6 is 0 Å². The van der Waals surface area contributed by atoms with E-state index < -0.39 is 0 Å². The van der Waals surface area contributed by atoms with Crippen LogP contribution in [0.4, 0.5) is 5.69 Å². The maximum Gasteiger partial charge on any atom is 0.238 e. The van der Waals surface area contributed by atoms with Gasteiger partial charge in [0, 0.05) is 5.69 Å². The molecule has 0 saturated heterocycles. The molecule has 1 rings (SSSR count). The molecule has 1 aromatic rings. The highest BCUT2D eigenvalue weighted by atomic mass is 16.5. The van der Waals surface area contributed by atoms with Crippen molar-refractivity contribution in [3.63, 3.8) is 0 Å². The molecule has 4 nitrogen and oxygen atoms in total. The van der Waals surface area contributed by atoms with Gasteiger partial charge in [0.15, 0.2) is 0 Å². The maximum atomic E-state index is 11.1. The number of anilines is 1. The van der Waals surface area contributed by atoms with Gasteiger partial charge in [0.05, 0.1) is 13.7 Å². The molecule has 0 radical (unpaired) electrons. The van der Waals surface area contributed by atoms with Crippen LogP contribution in [-0.2, 0) is 4.79 Å². The van der Waals surface area contributed by atoms with Gasteiger partial charge in [-0.3, -0.25) is 4.79 Å². The van der Waals surface area contributed by atoms with Gasteiger partial charge in [0.1, 0.15) is 5.75 Å².